The third-order valence-corrected chi connectivity index (χ3v) is 4.74. The van der Waals surface area contributed by atoms with Crippen LogP contribution in [0, 0.1) is 10.1 Å². The number of imide groups is 1. The molecule has 11 heteroatoms. The van der Waals surface area contributed by atoms with Crippen molar-refractivity contribution in [3.05, 3.63) is 87.8 Å². The second-order valence-corrected chi connectivity index (χ2v) is 6.71. The van der Waals surface area contributed by atoms with Gasteiger partial charge in [-0.1, -0.05) is 0 Å². The summed E-state index contributed by atoms with van der Waals surface area (Å²) >= 11 is 0. The van der Waals surface area contributed by atoms with Crippen LogP contribution in [0.2, 0.25) is 0 Å². The molecule has 1 aliphatic rings. The summed E-state index contributed by atoms with van der Waals surface area (Å²) in [6.45, 7) is -0.164. The van der Waals surface area contributed by atoms with Crippen LogP contribution in [0.1, 0.15) is 22.0 Å². The lowest BCUT2D eigenvalue weighted by Crippen LogP contribution is -2.30. The van der Waals surface area contributed by atoms with Gasteiger partial charge < -0.3 is 19.0 Å². The first kappa shape index (κ1) is 20.6. The second kappa shape index (κ2) is 8.22. The lowest BCUT2D eigenvalue weighted by molar-refractivity contribution is -0.384. The van der Waals surface area contributed by atoms with Crippen LogP contribution in [0.15, 0.2) is 64.8 Å². The fourth-order valence-corrected chi connectivity index (χ4v) is 3.17. The van der Waals surface area contributed by atoms with E-state index in [9.17, 15) is 24.5 Å². The average molecular weight is 436 g/mol. The van der Waals surface area contributed by atoms with Crippen LogP contribution in [0.3, 0.4) is 0 Å². The highest BCUT2D eigenvalue weighted by molar-refractivity contribution is 6.13. The third-order valence-electron chi connectivity index (χ3n) is 4.74. The summed E-state index contributed by atoms with van der Waals surface area (Å²) in [6, 6.07) is 11.6. The minimum atomic E-state index is -0.666. The predicted octanol–water partition coefficient (Wildman–Crippen LogP) is 2.86. The monoisotopic (exact) mass is 436 g/mol. The number of nitrogens with one attached hydrogen (secondary N) is 1. The molecule has 11 nitrogen and oxygen atoms in total. The van der Waals surface area contributed by atoms with Gasteiger partial charge in [0.2, 0.25) is 5.76 Å². The normalized spacial score (nSPS) is 14.7. The molecule has 1 saturated heterocycles. The number of carbonyl (C=O) groups is 3. The van der Waals surface area contributed by atoms with E-state index in [2.05, 4.69) is 10.1 Å². The van der Waals surface area contributed by atoms with E-state index in [1.807, 2.05) is 0 Å². The molecular weight excluding hydrogens is 420 g/mol. The molecule has 1 aliphatic heterocycles. The zero-order chi connectivity index (χ0) is 22.8. The van der Waals surface area contributed by atoms with E-state index in [0.717, 1.165) is 4.90 Å². The maximum absolute atomic E-state index is 12.8. The standard InChI is InChI=1S/C21H16N4O7/c1-31-20(27)18-9-8-16(32-18)12-24-19(26)17(22-21(24)28)11-15-3-2-10-23(15)13-4-6-14(7-5-13)25(29)30/h2-11H,12H2,1H3,(H,22,28)/b17-11-. The molecule has 4 rings (SSSR count). The fourth-order valence-electron chi connectivity index (χ4n) is 3.17. The Morgan fingerprint density at radius 3 is 2.62 bits per heavy atom. The zero-order valence-electron chi connectivity index (χ0n) is 16.7. The van der Waals surface area contributed by atoms with Crippen LogP contribution >= 0.6 is 0 Å². The van der Waals surface area contributed by atoms with Gasteiger partial charge in [-0.15, -0.1) is 0 Å². The molecule has 0 unspecified atom stereocenters. The molecule has 3 amide bonds. The van der Waals surface area contributed by atoms with Crippen LogP contribution < -0.4 is 5.32 Å². The maximum atomic E-state index is 12.8. The number of carbonyl (C=O) groups excluding carboxylic acids is 3. The Balaban J connectivity index is 1.55. The highest BCUT2D eigenvalue weighted by Crippen LogP contribution is 2.22. The van der Waals surface area contributed by atoms with Gasteiger partial charge in [0.05, 0.1) is 18.6 Å². The number of nitro groups is 1. The molecule has 0 atom stereocenters. The van der Waals surface area contributed by atoms with Crippen molar-refractivity contribution in [1.29, 1.82) is 0 Å². The van der Waals surface area contributed by atoms with E-state index >= 15 is 0 Å². The number of nitro benzene ring substituents is 1. The Bertz CT molecular complexity index is 1250. The summed E-state index contributed by atoms with van der Waals surface area (Å²) in [4.78, 5) is 47.9. The van der Waals surface area contributed by atoms with Crippen LogP contribution in [-0.4, -0.2) is 39.4 Å². The first-order valence-corrected chi connectivity index (χ1v) is 9.31. The summed E-state index contributed by atoms with van der Waals surface area (Å²) < 4.78 is 11.6. The lowest BCUT2D eigenvalue weighted by Gasteiger charge is -2.09. The Kier molecular flexibility index (Phi) is 5.29. The van der Waals surface area contributed by atoms with Gasteiger partial charge in [-0.05, 0) is 42.5 Å². The molecule has 0 aliphatic carbocycles. The number of methoxy groups -OCH3 is 1. The van der Waals surface area contributed by atoms with Crippen molar-refractivity contribution in [3.8, 4) is 5.69 Å². The molecule has 1 fully saturated rings. The van der Waals surface area contributed by atoms with Crippen LogP contribution in [0.4, 0.5) is 10.5 Å². The SMILES string of the molecule is COC(=O)c1ccc(CN2C(=O)N/C(=C\c3cccn3-c3ccc([N+](=O)[O-])cc3)C2=O)o1. The van der Waals surface area contributed by atoms with Crippen molar-refractivity contribution in [2.75, 3.05) is 7.11 Å². The van der Waals surface area contributed by atoms with Gasteiger partial charge in [-0.2, -0.15) is 0 Å². The molecule has 0 saturated carbocycles. The highest BCUT2D eigenvalue weighted by atomic mass is 16.6. The molecule has 0 bridgehead atoms. The number of benzene rings is 1. The number of hydrogen-bond acceptors (Lipinski definition) is 7. The average Bonchev–Trinajstić information content (AvgIpc) is 3.50. The number of nitrogens with zero attached hydrogens (tertiary/aromatic N) is 3. The van der Waals surface area contributed by atoms with E-state index in [4.69, 9.17) is 4.42 Å². The van der Waals surface area contributed by atoms with Crippen LogP contribution in [0.5, 0.6) is 0 Å². The number of ether oxygens (including phenoxy) is 1. The number of urea groups is 1. The van der Waals surface area contributed by atoms with E-state index < -0.39 is 22.8 Å². The maximum Gasteiger partial charge on any atom is 0.373 e. The van der Waals surface area contributed by atoms with Crippen LogP contribution in [0.25, 0.3) is 11.8 Å². The van der Waals surface area contributed by atoms with Crippen molar-refractivity contribution < 1.29 is 28.5 Å². The topological polar surface area (TPSA) is 137 Å². The summed E-state index contributed by atoms with van der Waals surface area (Å²) in [5.74, 6) is -1.03. The molecule has 0 radical (unpaired) electrons. The Morgan fingerprint density at radius 2 is 1.94 bits per heavy atom. The highest BCUT2D eigenvalue weighted by Gasteiger charge is 2.34. The van der Waals surface area contributed by atoms with Gasteiger partial charge in [0.25, 0.3) is 11.6 Å². The molecule has 32 heavy (non-hydrogen) atoms. The van der Waals surface area contributed by atoms with E-state index in [0.29, 0.717) is 11.4 Å². The number of furan rings is 1. The van der Waals surface area contributed by atoms with E-state index in [-0.39, 0.29) is 29.4 Å². The number of non-ortho nitro benzene ring substituents is 1. The Morgan fingerprint density at radius 1 is 1.19 bits per heavy atom. The van der Waals surface area contributed by atoms with Gasteiger partial charge in [0.15, 0.2) is 0 Å². The summed E-state index contributed by atoms with van der Waals surface area (Å²) in [6.07, 6.45) is 3.23. The molecule has 0 spiro atoms. The zero-order valence-corrected chi connectivity index (χ0v) is 16.7. The number of aromatic nitrogens is 1. The van der Waals surface area contributed by atoms with Gasteiger partial charge in [0, 0.05) is 29.7 Å². The lowest BCUT2D eigenvalue weighted by atomic mass is 10.2. The molecule has 3 heterocycles. The quantitative estimate of drug-likeness (QED) is 0.206. The molecular formula is C21H16N4O7. The van der Waals surface area contributed by atoms with Gasteiger partial charge in [0.1, 0.15) is 11.5 Å². The predicted molar refractivity (Wildman–Crippen MR) is 110 cm³/mol. The van der Waals surface area contributed by atoms with Crippen molar-refractivity contribution >= 4 is 29.7 Å². The van der Waals surface area contributed by atoms with Crippen molar-refractivity contribution in [1.82, 2.24) is 14.8 Å². The van der Waals surface area contributed by atoms with Gasteiger partial charge in [-0.3, -0.25) is 19.8 Å². The number of rotatable bonds is 6. The van der Waals surface area contributed by atoms with E-state index in [1.165, 1.54) is 37.5 Å². The first-order chi connectivity index (χ1) is 15.4. The van der Waals surface area contributed by atoms with Crippen molar-refractivity contribution in [2.24, 2.45) is 0 Å². The molecule has 1 N–H and O–H groups in total. The summed E-state index contributed by atoms with van der Waals surface area (Å²) in [5, 5.41) is 13.4. The molecule has 162 valence electrons. The second-order valence-electron chi connectivity index (χ2n) is 6.71. The van der Waals surface area contributed by atoms with E-state index in [1.54, 1.807) is 35.0 Å². The van der Waals surface area contributed by atoms with Gasteiger partial charge >= 0.3 is 12.0 Å². The van der Waals surface area contributed by atoms with Crippen molar-refractivity contribution in [2.45, 2.75) is 6.54 Å². The minimum Gasteiger partial charge on any atom is -0.463 e. The largest absolute Gasteiger partial charge is 0.463 e. The summed E-state index contributed by atoms with van der Waals surface area (Å²) in [7, 11) is 1.21. The molecule has 1 aromatic carbocycles. The smallest absolute Gasteiger partial charge is 0.373 e. The Labute approximate surface area is 180 Å². The number of amides is 3. The minimum absolute atomic E-state index is 0.0359. The van der Waals surface area contributed by atoms with Gasteiger partial charge in [-0.25, -0.2) is 9.59 Å². The number of hydrogen-bond donors (Lipinski definition) is 1. The fraction of sp³-hybridized carbons (Fsp3) is 0.0952. The number of esters is 1. The molecule has 2 aromatic heterocycles. The van der Waals surface area contributed by atoms with Crippen LogP contribution in [-0.2, 0) is 16.1 Å². The molecule has 3 aromatic rings. The first-order valence-electron chi connectivity index (χ1n) is 9.31. The summed E-state index contributed by atoms with van der Waals surface area (Å²) in [5.41, 5.74) is 1.24. The Hall–Kier alpha value is -4.67. The van der Waals surface area contributed by atoms with Crippen molar-refractivity contribution in [3.63, 3.8) is 0 Å². The third kappa shape index (κ3) is 3.86.